The Hall–Kier alpha value is -0.0800. The van der Waals surface area contributed by atoms with E-state index in [2.05, 4.69) is 5.32 Å². The lowest BCUT2D eigenvalue weighted by Crippen LogP contribution is -2.54. The molecule has 1 atom stereocenters. The first-order chi connectivity index (χ1) is 7.42. The molecule has 3 rings (SSSR count). The molecule has 0 aromatic carbocycles. The summed E-state index contributed by atoms with van der Waals surface area (Å²) in [7, 11) is 0. The van der Waals surface area contributed by atoms with E-state index in [0.29, 0.717) is 5.41 Å². The van der Waals surface area contributed by atoms with Gasteiger partial charge in [-0.2, -0.15) is 0 Å². The lowest BCUT2D eigenvalue weighted by atomic mass is 9.60. The van der Waals surface area contributed by atoms with Crippen LogP contribution in [-0.4, -0.2) is 26.3 Å². The van der Waals surface area contributed by atoms with Crippen molar-refractivity contribution in [1.29, 1.82) is 0 Å². The molecule has 3 fully saturated rings. The number of nitrogens with one attached hydrogen (secondary N) is 1. The highest BCUT2D eigenvalue weighted by atomic mass is 16.5. The molecule has 2 nitrogen and oxygen atoms in total. The molecule has 3 aliphatic rings. The maximum atomic E-state index is 5.58. The van der Waals surface area contributed by atoms with Crippen LogP contribution in [0.4, 0.5) is 0 Å². The van der Waals surface area contributed by atoms with Gasteiger partial charge in [0.2, 0.25) is 0 Å². The van der Waals surface area contributed by atoms with E-state index in [9.17, 15) is 0 Å². The summed E-state index contributed by atoms with van der Waals surface area (Å²) in [5.74, 6) is 1.89. The first-order valence-electron chi connectivity index (χ1n) is 6.70. The Bertz CT molecular complexity index is 213. The van der Waals surface area contributed by atoms with E-state index in [1.54, 1.807) is 0 Å². The van der Waals surface area contributed by atoms with Crippen LogP contribution in [0.15, 0.2) is 0 Å². The minimum absolute atomic E-state index is 0.587. The SMILES string of the molecule is C1CCC(C2(C3CCNC3)COC2)CC1. The third-order valence-corrected chi connectivity index (χ3v) is 5.03. The molecule has 15 heavy (non-hydrogen) atoms. The molecule has 0 aromatic rings. The Balaban J connectivity index is 1.72. The van der Waals surface area contributed by atoms with Gasteiger partial charge in [-0.3, -0.25) is 0 Å². The van der Waals surface area contributed by atoms with Crippen molar-refractivity contribution in [1.82, 2.24) is 5.32 Å². The highest BCUT2D eigenvalue weighted by molar-refractivity contribution is 5.00. The Morgan fingerprint density at radius 3 is 2.27 bits per heavy atom. The Labute approximate surface area is 92.8 Å². The summed E-state index contributed by atoms with van der Waals surface area (Å²) in [4.78, 5) is 0. The monoisotopic (exact) mass is 209 g/mol. The van der Waals surface area contributed by atoms with Crippen LogP contribution in [0.2, 0.25) is 0 Å². The van der Waals surface area contributed by atoms with Gasteiger partial charge in [-0.1, -0.05) is 19.3 Å². The van der Waals surface area contributed by atoms with E-state index in [1.807, 2.05) is 0 Å². The first-order valence-corrected chi connectivity index (χ1v) is 6.70. The summed E-state index contributed by atoms with van der Waals surface area (Å²) in [6.07, 6.45) is 8.73. The van der Waals surface area contributed by atoms with Crippen molar-refractivity contribution in [2.75, 3.05) is 26.3 Å². The smallest absolute Gasteiger partial charge is 0.0550 e. The molecule has 2 heterocycles. The number of ether oxygens (including phenoxy) is 1. The van der Waals surface area contributed by atoms with Gasteiger partial charge in [0.15, 0.2) is 0 Å². The van der Waals surface area contributed by atoms with Crippen molar-refractivity contribution in [2.45, 2.75) is 38.5 Å². The van der Waals surface area contributed by atoms with Gasteiger partial charge >= 0.3 is 0 Å². The second kappa shape index (κ2) is 4.06. The molecule has 0 radical (unpaired) electrons. The molecule has 0 bridgehead atoms. The summed E-state index contributed by atoms with van der Waals surface area (Å²) in [6.45, 7) is 4.60. The molecular formula is C13H23NO. The molecule has 0 amide bonds. The predicted molar refractivity (Wildman–Crippen MR) is 60.8 cm³/mol. The fourth-order valence-corrected chi connectivity index (χ4v) is 3.97. The quantitative estimate of drug-likeness (QED) is 0.753. The number of rotatable bonds is 2. The van der Waals surface area contributed by atoms with Crippen LogP contribution in [0.25, 0.3) is 0 Å². The molecule has 1 unspecified atom stereocenters. The van der Waals surface area contributed by atoms with E-state index < -0.39 is 0 Å². The maximum Gasteiger partial charge on any atom is 0.0550 e. The van der Waals surface area contributed by atoms with Crippen LogP contribution < -0.4 is 5.32 Å². The summed E-state index contributed by atoms with van der Waals surface area (Å²) in [5, 5.41) is 3.53. The van der Waals surface area contributed by atoms with Gasteiger partial charge in [0, 0.05) is 5.41 Å². The van der Waals surface area contributed by atoms with Crippen molar-refractivity contribution < 1.29 is 4.74 Å². The van der Waals surface area contributed by atoms with Crippen molar-refractivity contribution >= 4 is 0 Å². The van der Waals surface area contributed by atoms with E-state index >= 15 is 0 Å². The molecule has 0 aromatic heterocycles. The van der Waals surface area contributed by atoms with Crippen molar-refractivity contribution in [2.24, 2.45) is 17.3 Å². The summed E-state index contributed by atoms with van der Waals surface area (Å²) < 4.78 is 5.58. The van der Waals surface area contributed by atoms with Gasteiger partial charge in [0.05, 0.1) is 13.2 Å². The lowest BCUT2D eigenvalue weighted by molar-refractivity contribution is -0.180. The molecule has 86 valence electrons. The second-order valence-corrected chi connectivity index (χ2v) is 5.75. The zero-order chi connectivity index (χ0) is 10.1. The average Bonchev–Trinajstić information content (AvgIpc) is 2.72. The van der Waals surface area contributed by atoms with Crippen LogP contribution in [0.3, 0.4) is 0 Å². The van der Waals surface area contributed by atoms with E-state index in [1.165, 1.54) is 51.6 Å². The minimum atomic E-state index is 0.587. The van der Waals surface area contributed by atoms with Gasteiger partial charge in [-0.25, -0.2) is 0 Å². The molecule has 2 heteroatoms. The van der Waals surface area contributed by atoms with Gasteiger partial charge in [0.1, 0.15) is 0 Å². The predicted octanol–water partition coefficient (Wildman–Crippen LogP) is 2.19. The summed E-state index contributed by atoms with van der Waals surface area (Å²) in [5.41, 5.74) is 0.587. The molecule has 2 aliphatic heterocycles. The topological polar surface area (TPSA) is 21.3 Å². The third-order valence-electron chi connectivity index (χ3n) is 5.03. The van der Waals surface area contributed by atoms with E-state index in [-0.39, 0.29) is 0 Å². The van der Waals surface area contributed by atoms with Crippen LogP contribution in [0.1, 0.15) is 38.5 Å². The molecular weight excluding hydrogens is 186 g/mol. The van der Waals surface area contributed by atoms with E-state index in [0.717, 1.165) is 25.0 Å². The van der Waals surface area contributed by atoms with Crippen molar-refractivity contribution in [3.8, 4) is 0 Å². The van der Waals surface area contributed by atoms with Crippen LogP contribution in [-0.2, 0) is 4.74 Å². The zero-order valence-electron chi connectivity index (χ0n) is 9.63. The highest BCUT2D eigenvalue weighted by Gasteiger charge is 2.51. The van der Waals surface area contributed by atoms with Gasteiger partial charge in [0.25, 0.3) is 0 Å². The number of hydrogen-bond donors (Lipinski definition) is 1. The standard InChI is InChI=1S/C13H23NO/c1-2-4-11(5-3-1)13(9-15-10-13)12-6-7-14-8-12/h11-12,14H,1-10H2. The first kappa shape index (κ1) is 10.1. The Morgan fingerprint density at radius 2 is 1.73 bits per heavy atom. The highest BCUT2D eigenvalue weighted by Crippen LogP contribution is 2.50. The summed E-state index contributed by atoms with van der Waals surface area (Å²) >= 11 is 0. The normalized spacial score (nSPS) is 36.4. The van der Waals surface area contributed by atoms with Gasteiger partial charge in [-0.05, 0) is 44.2 Å². The van der Waals surface area contributed by atoms with Crippen LogP contribution in [0, 0.1) is 17.3 Å². The fourth-order valence-electron chi connectivity index (χ4n) is 3.97. The average molecular weight is 209 g/mol. The second-order valence-electron chi connectivity index (χ2n) is 5.75. The molecule has 0 spiro atoms. The summed E-state index contributed by atoms with van der Waals surface area (Å²) in [6, 6.07) is 0. The third kappa shape index (κ3) is 1.62. The number of hydrogen-bond acceptors (Lipinski definition) is 2. The van der Waals surface area contributed by atoms with Gasteiger partial charge < -0.3 is 10.1 Å². The molecule has 1 aliphatic carbocycles. The Morgan fingerprint density at radius 1 is 0.933 bits per heavy atom. The van der Waals surface area contributed by atoms with Gasteiger partial charge in [-0.15, -0.1) is 0 Å². The van der Waals surface area contributed by atoms with Crippen molar-refractivity contribution in [3.63, 3.8) is 0 Å². The van der Waals surface area contributed by atoms with Crippen LogP contribution in [0.5, 0.6) is 0 Å². The molecule has 1 saturated carbocycles. The molecule has 2 saturated heterocycles. The zero-order valence-corrected chi connectivity index (χ0v) is 9.63. The fraction of sp³-hybridized carbons (Fsp3) is 1.00. The minimum Gasteiger partial charge on any atom is -0.380 e. The maximum absolute atomic E-state index is 5.58. The van der Waals surface area contributed by atoms with Crippen molar-refractivity contribution in [3.05, 3.63) is 0 Å². The van der Waals surface area contributed by atoms with E-state index in [4.69, 9.17) is 4.74 Å². The lowest BCUT2D eigenvalue weighted by Gasteiger charge is -2.52. The molecule has 1 N–H and O–H groups in total. The largest absolute Gasteiger partial charge is 0.380 e. The Kier molecular flexibility index (Phi) is 2.73. The van der Waals surface area contributed by atoms with Crippen LogP contribution >= 0.6 is 0 Å².